The van der Waals surface area contributed by atoms with E-state index in [0.717, 1.165) is 61.4 Å². The van der Waals surface area contributed by atoms with Crippen LogP contribution in [-0.4, -0.2) is 68.7 Å². The Hall–Kier alpha value is -3.46. The number of nitrogens with one attached hydrogen (secondary N) is 2. The Balaban J connectivity index is 0.000000505. The fourth-order valence-corrected chi connectivity index (χ4v) is 4.12. The van der Waals surface area contributed by atoms with E-state index in [0.29, 0.717) is 22.5 Å². The molecule has 11 nitrogen and oxygen atoms in total. The van der Waals surface area contributed by atoms with E-state index >= 15 is 0 Å². The summed E-state index contributed by atoms with van der Waals surface area (Å²) in [6.07, 6.45) is 2.12. The third kappa shape index (κ3) is 7.31. The van der Waals surface area contributed by atoms with Crippen molar-refractivity contribution in [1.29, 1.82) is 0 Å². The van der Waals surface area contributed by atoms with Crippen LogP contribution in [0.4, 0.5) is 24.9 Å². The van der Waals surface area contributed by atoms with E-state index < -0.39 is 12.1 Å². The van der Waals surface area contributed by atoms with Gasteiger partial charge in [0.15, 0.2) is 10.4 Å². The van der Waals surface area contributed by atoms with Gasteiger partial charge in [0.1, 0.15) is 22.5 Å². The normalized spacial score (nSPS) is 13.5. The number of aromatic nitrogens is 5. The van der Waals surface area contributed by atoms with Crippen molar-refractivity contribution in [2.75, 3.05) is 37.8 Å². The number of halogens is 4. The maximum atomic E-state index is 10.6. The molecule has 0 bridgehead atoms. The molecule has 0 amide bonds. The minimum absolute atomic E-state index is 0.210. The Labute approximate surface area is 224 Å². The number of fused-ring (bicyclic) bond motifs is 1. The zero-order valence-corrected chi connectivity index (χ0v) is 22.4. The molecule has 0 unspecified atom stereocenters. The summed E-state index contributed by atoms with van der Waals surface area (Å²) in [5.41, 5.74) is 10.5. The number of rotatable bonds is 8. The van der Waals surface area contributed by atoms with Crippen LogP contribution in [0.15, 0.2) is 22.9 Å². The van der Waals surface area contributed by atoms with Crippen LogP contribution >= 0.6 is 15.9 Å². The SMILES string of the molecule is CCCCNc1nc(N)nc2c(Br)nn(Cc3ncc(C4=CCNCC4)cc3OC)c12.O=C(O)C(F)(F)F. The van der Waals surface area contributed by atoms with Crippen LogP contribution in [0.1, 0.15) is 37.4 Å². The van der Waals surface area contributed by atoms with Gasteiger partial charge in [-0.2, -0.15) is 23.3 Å². The van der Waals surface area contributed by atoms with E-state index in [1.165, 1.54) is 5.57 Å². The summed E-state index contributed by atoms with van der Waals surface area (Å²) in [4.78, 5) is 22.4. The lowest BCUT2D eigenvalue weighted by molar-refractivity contribution is -0.192. The second-order valence-corrected chi connectivity index (χ2v) is 8.97. The van der Waals surface area contributed by atoms with Gasteiger partial charge >= 0.3 is 12.1 Å². The number of nitrogens with two attached hydrogens (primary N) is 1. The third-order valence-electron chi connectivity index (χ3n) is 5.51. The van der Waals surface area contributed by atoms with Gasteiger partial charge in [0.05, 0.1) is 13.7 Å². The third-order valence-corrected chi connectivity index (χ3v) is 6.05. The number of carbonyl (C=O) groups is 1. The molecule has 0 fully saturated rings. The largest absolute Gasteiger partial charge is 0.495 e. The molecule has 0 saturated carbocycles. The van der Waals surface area contributed by atoms with Crippen molar-refractivity contribution in [1.82, 2.24) is 30.0 Å². The van der Waals surface area contributed by atoms with Crippen molar-refractivity contribution in [3.8, 4) is 5.75 Å². The topological polar surface area (TPSA) is 153 Å². The van der Waals surface area contributed by atoms with Crippen molar-refractivity contribution in [2.45, 2.75) is 38.9 Å². The first kappa shape index (κ1) is 29.1. The summed E-state index contributed by atoms with van der Waals surface area (Å²) < 4.78 is 39.9. The van der Waals surface area contributed by atoms with Crippen molar-refractivity contribution in [2.24, 2.45) is 0 Å². The fraction of sp³-hybridized carbons (Fsp3) is 0.435. The predicted molar refractivity (Wildman–Crippen MR) is 140 cm³/mol. The number of pyridine rings is 1. The summed E-state index contributed by atoms with van der Waals surface area (Å²) in [6, 6.07) is 2.05. The summed E-state index contributed by atoms with van der Waals surface area (Å²) in [7, 11) is 1.67. The quantitative estimate of drug-likeness (QED) is 0.280. The average Bonchev–Trinajstić information content (AvgIpc) is 3.19. The second-order valence-electron chi connectivity index (χ2n) is 8.22. The number of alkyl halides is 3. The molecule has 206 valence electrons. The lowest BCUT2D eigenvalue weighted by Gasteiger charge is -2.16. The molecular formula is C23H28BrF3N8O3. The van der Waals surface area contributed by atoms with Gasteiger partial charge in [-0.15, -0.1) is 0 Å². The molecule has 1 aliphatic heterocycles. The number of hydrogen-bond acceptors (Lipinski definition) is 9. The van der Waals surface area contributed by atoms with Crippen molar-refractivity contribution < 1.29 is 27.8 Å². The standard InChI is InChI=1S/C21H27BrN8O.C2HF3O2/c1-3-4-7-25-20-18-17(27-21(23)28-20)19(22)29-30(18)12-15-16(31-2)10-14(11-26-15)13-5-8-24-9-6-13;3-2(4,5)1(6)7/h5,10-11,24H,3-4,6-9,12H2,1-2H3,(H3,23,25,27,28);(H,6,7). The molecule has 4 rings (SSSR count). The molecule has 0 aromatic carbocycles. The maximum absolute atomic E-state index is 10.6. The highest BCUT2D eigenvalue weighted by atomic mass is 79.9. The number of nitrogens with zero attached hydrogens (tertiary/aromatic N) is 5. The molecule has 1 aliphatic rings. The molecule has 0 spiro atoms. The van der Waals surface area contributed by atoms with Crippen LogP contribution < -0.4 is 21.1 Å². The first-order valence-electron chi connectivity index (χ1n) is 11.7. The molecule has 0 aliphatic carbocycles. The number of carboxylic acid groups (broad SMARTS) is 1. The molecule has 0 radical (unpaired) electrons. The number of nitrogen functional groups attached to an aromatic ring is 1. The second kappa shape index (κ2) is 12.9. The summed E-state index contributed by atoms with van der Waals surface area (Å²) >= 11 is 3.51. The first-order chi connectivity index (χ1) is 18.0. The van der Waals surface area contributed by atoms with Crippen molar-refractivity contribution >= 4 is 50.3 Å². The molecule has 0 atom stereocenters. The number of ether oxygens (including phenoxy) is 1. The van der Waals surface area contributed by atoms with Crippen LogP contribution in [-0.2, 0) is 11.3 Å². The Morgan fingerprint density at radius 3 is 2.71 bits per heavy atom. The van der Waals surface area contributed by atoms with E-state index in [-0.39, 0.29) is 5.95 Å². The Morgan fingerprint density at radius 1 is 1.37 bits per heavy atom. The van der Waals surface area contributed by atoms with E-state index in [9.17, 15) is 13.2 Å². The Bertz CT molecular complexity index is 1310. The van der Waals surface area contributed by atoms with Gasteiger partial charge < -0.3 is 26.2 Å². The van der Waals surface area contributed by atoms with Crippen molar-refractivity contribution in [3.63, 3.8) is 0 Å². The van der Waals surface area contributed by atoms with Crippen LogP contribution in [0.3, 0.4) is 0 Å². The number of unbranched alkanes of at least 4 members (excludes halogenated alkanes) is 1. The van der Waals surface area contributed by atoms with Gasteiger partial charge in [0, 0.05) is 19.3 Å². The van der Waals surface area contributed by atoms with Gasteiger partial charge in [-0.25, -0.2) is 9.78 Å². The minimum atomic E-state index is -5.08. The number of methoxy groups -OCH3 is 1. The van der Waals surface area contributed by atoms with E-state index in [1.807, 2.05) is 10.9 Å². The monoisotopic (exact) mass is 600 g/mol. The minimum Gasteiger partial charge on any atom is -0.495 e. The van der Waals surface area contributed by atoms with E-state index in [2.05, 4.69) is 60.7 Å². The lowest BCUT2D eigenvalue weighted by Crippen LogP contribution is -2.21. The number of anilines is 2. The molecule has 38 heavy (non-hydrogen) atoms. The van der Waals surface area contributed by atoms with Gasteiger partial charge in [-0.05, 0) is 52.5 Å². The van der Waals surface area contributed by atoms with Gasteiger partial charge in [0.2, 0.25) is 5.95 Å². The molecule has 3 aromatic heterocycles. The van der Waals surface area contributed by atoms with Crippen molar-refractivity contribution in [3.05, 3.63) is 34.2 Å². The van der Waals surface area contributed by atoms with E-state index in [1.54, 1.807) is 7.11 Å². The van der Waals surface area contributed by atoms with Crippen LogP contribution in [0.25, 0.3) is 16.6 Å². The van der Waals surface area contributed by atoms with Gasteiger partial charge in [-0.1, -0.05) is 19.4 Å². The highest BCUT2D eigenvalue weighted by molar-refractivity contribution is 9.10. The molecule has 4 heterocycles. The fourth-order valence-electron chi connectivity index (χ4n) is 3.66. The number of carboxylic acids is 1. The van der Waals surface area contributed by atoms with Crippen LogP contribution in [0, 0.1) is 0 Å². The lowest BCUT2D eigenvalue weighted by atomic mass is 10.0. The molecule has 0 saturated heterocycles. The Kier molecular flexibility index (Phi) is 9.85. The summed E-state index contributed by atoms with van der Waals surface area (Å²) in [5.74, 6) is -1.15. The molecular weight excluding hydrogens is 573 g/mol. The first-order valence-corrected chi connectivity index (χ1v) is 12.5. The van der Waals surface area contributed by atoms with Crippen LogP contribution in [0.2, 0.25) is 0 Å². The zero-order valence-electron chi connectivity index (χ0n) is 20.8. The average molecular weight is 601 g/mol. The highest BCUT2D eigenvalue weighted by Crippen LogP contribution is 2.30. The van der Waals surface area contributed by atoms with Gasteiger partial charge in [-0.3, -0.25) is 9.67 Å². The summed E-state index contributed by atoms with van der Waals surface area (Å²) in [5, 5.41) is 18.5. The molecule has 15 heteroatoms. The summed E-state index contributed by atoms with van der Waals surface area (Å²) in [6.45, 7) is 5.21. The predicted octanol–water partition coefficient (Wildman–Crippen LogP) is 3.84. The zero-order chi connectivity index (χ0) is 27.9. The number of hydrogen-bond donors (Lipinski definition) is 4. The highest BCUT2D eigenvalue weighted by Gasteiger charge is 2.38. The molecule has 5 N–H and O–H groups in total. The maximum Gasteiger partial charge on any atom is 0.490 e. The smallest absolute Gasteiger partial charge is 0.490 e. The van der Waals surface area contributed by atoms with Crippen LogP contribution in [0.5, 0.6) is 5.75 Å². The Morgan fingerprint density at radius 2 is 2.11 bits per heavy atom. The number of aliphatic carboxylic acids is 1. The molecule has 3 aromatic rings. The van der Waals surface area contributed by atoms with Gasteiger partial charge in [0.25, 0.3) is 0 Å². The van der Waals surface area contributed by atoms with E-state index in [4.69, 9.17) is 25.4 Å².